The number of benzene rings is 1. The zero-order valence-corrected chi connectivity index (χ0v) is 11.9. The topological polar surface area (TPSA) is 49.3 Å². The van der Waals surface area contributed by atoms with Crippen molar-refractivity contribution >= 4 is 5.91 Å². The van der Waals surface area contributed by atoms with Gasteiger partial charge in [-0.1, -0.05) is 44.2 Å². The van der Waals surface area contributed by atoms with Gasteiger partial charge < -0.3 is 10.4 Å². The van der Waals surface area contributed by atoms with E-state index in [9.17, 15) is 4.79 Å². The summed E-state index contributed by atoms with van der Waals surface area (Å²) in [6.07, 6.45) is 2.96. The first-order valence-corrected chi connectivity index (χ1v) is 7.07. The Morgan fingerprint density at radius 1 is 1.26 bits per heavy atom. The molecule has 3 heteroatoms. The van der Waals surface area contributed by atoms with Crippen LogP contribution in [0.25, 0.3) is 0 Å². The normalized spacial score (nSPS) is 12.4. The van der Waals surface area contributed by atoms with Crippen LogP contribution in [0.5, 0.6) is 0 Å². The van der Waals surface area contributed by atoms with Gasteiger partial charge in [-0.15, -0.1) is 0 Å². The van der Waals surface area contributed by atoms with Crippen LogP contribution in [0.3, 0.4) is 0 Å². The molecule has 0 fully saturated rings. The number of aryl methyl sites for hydroxylation is 1. The van der Waals surface area contributed by atoms with E-state index in [0.29, 0.717) is 18.8 Å². The van der Waals surface area contributed by atoms with Crippen molar-refractivity contribution in [2.24, 2.45) is 5.92 Å². The Balaban J connectivity index is 2.27. The highest BCUT2D eigenvalue weighted by Gasteiger charge is 2.15. The molecular weight excluding hydrogens is 238 g/mol. The Labute approximate surface area is 116 Å². The van der Waals surface area contributed by atoms with Gasteiger partial charge >= 0.3 is 0 Å². The van der Waals surface area contributed by atoms with E-state index in [1.165, 1.54) is 5.56 Å². The number of nitrogens with one attached hydrogen (secondary N) is 1. The molecule has 2 N–H and O–H groups in total. The Kier molecular flexibility index (Phi) is 7.19. The van der Waals surface area contributed by atoms with Crippen molar-refractivity contribution < 1.29 is 9.90 Å². The minimum absolute atomic E-state index is 0.0780. The Morgan fingerprint density at radius 2 is 1.95 bits per heavy atom. The van der Waals surface area contributed by atoms with E-state index in [-0.39, 0.29) is 18.6 Å². The number of carbonyl (C=O) groups excluding carboxylic acids is 1. The second kappa shape index (κ2) is 8.70. The van der Waals surface area contributed by atoms with Gasteiger partial charge in [-0.05, 0) is 30.7 Å². The molecule has 1 atom stereocenters. The summed E-state index contributed by atoms with van der Waals surface area (Å²) in [6.45, 7) is 4.24. The van der Waals surface area contributed by atoms with E-state index in [1.54, 1.807) is 0 Å². The summed E-state index contributed by atoms with van der Waals surface area (Å²) in [5.41, 5.74) is 1.27. The highest BCUT2D eigenvalue weighted by molar-refractivity contribution is 5.76. The van der Waals surface area contributed by atoms with E-state index in [4.69, 9.17) is 5.11 Å². The summed E-state index contributed by atoms with van der Waals surface area (Å²) < 4.78 is 0. The van der Waals surface area contributed by atoms with Gasteiger partial charge in [-0.25, -0.2) is 0 Å². The summed E-state index contributed by atoms with van der Waals surface area (Å²) in [7, 11) is 0. The van der Waals surface area contributed by atoms with Gasteiger partial charge in [0.15, 0.2) is 0 Å². The van der Waals surface area contributed by atoms with Crippen LogP contribution in [-0.2, 0) is 11.2 Å². The van der Waals surface area contributed by atoms with Crippen molar-refractivity contribution in [3.63, 3.8) is 0 Å². The Morgan fingerprint density at radius 3 is 2.53 bits per heavy atom. The zero-order valence-electron chi connectivity index (χ0n) is 11.9. The van der Waals surface area contributed by atoms with E-state index >= 15 is 0 Å². The summed E-state index contributed by atoms with van der Waals surface area (Å²) in [4.78, 5) is 11.8. The van der Waals surface area contributed by atoms with Crippen LogP contribution >= 0.6 is 0 Å². The van der Waals surface area contributed by atoms with Crippen molar-refractivity contribution in [2.75, 3.05) is 6.61 Å². The van der Waals surface area contributed by atoms with E-state index in [2.05, 4.69) is 31.3 Å². The first-order chi connectivity index (χ1) is 9.13. The van der Waals surface area contributed by atoms with Gasteiger partial charge in [0.05, 0.1) is 0 Å². The maximum atomic E-state index is 11.8. The zero-order chi connectivity index (χ0) is 14.1. The molecule has 0 bridgehead atoms. The second-order valence-electron chi connectivity index (χ2n) is 5.27. The smallest absolute Gasteiger partial charge is 0.220 e. The van der Waals surface area contributed by atoms with Gasteiger partial charge in [0.25, 0.3) is 0 Å². The molecule has 1 aromatic rings. The van der Waals surface area contributed by atoms with Crippen LogP contribution in [0, 0.1) is 5.92 Å². The molecule has 0 heterocycles. The predicted octanol–water partition coefficient (Wildman–Crippen LogP) is 2.53. The molecule has 0 aliphatic carbocycles. The molecule has 0 saturated carbocycles. The Bertz CT molecular complexity index is 362. The molecule has 0 saturated heterocycles. The molecule has 0 aliphatic rings. The fourth-order valence-corrected chi connectivity index (χ4v) is 2.09. The summed E-state index contributed by atoms with van der Waals surface area (Å²) in [5.74, 6) is 0.438. The van der Waals surface area contributed by atoms with Crippen molar-refractivity contribution in [1.29, 1.82) is 0 Å². The molecule has 0 aliphatic heterocycles. The van der Waals surface area contributed by atoms with Gasteiger partial charge in [0, 0.05) is 19.1 Å². The lowest BCUT2D eigenvalue weighted by Crippen LogP contribution is -2.39. The SMILES string of the molecule is CC(C)C(CCO)NC(=O)CCCc1ccccc1. The van der Waals surface area contributed by atoms with Crippen LogP contribution < -0.4 is 5.32 Å². The quantitative estimate of drug-likeness (QED) is 0.757. The first kappa shape index (κ1) is 15.7. The maximum Gasteiger partial charge on any atom is 0.220 e. The van der Waals surface area contributed by atoms with Crippen LogP contribution in [0.15, 0.2) is 30.3 Å². The first-order valence-electron chi connectivity index (χ1n) is 7.07. The third-order valence-electron chi connectivity index (χ3n) is 3.30. The lowest BCUT2D eigenvalue weighted by Gasteiger charge is -2.21. The third-order valence-corrected chi connectivity index (χ3v) is 3.30. The molecule has 1 rings (SSSR count). The highest BCUT2D eigenvalue weighted by atomic mass is 16.3. The third kappa shape index (κ3) is 6.39. The van der Waals surface area contributed by atoms with Crippen molar-refractivity contribution in [3.8, 4) is 0 Å². The number of rotatable bonds is 8. The maximum absolute atomic E-state index is 11.8. The summed E-state index contributed by atoms with van der Waals surface area (Å²) in [5, 5.41) is 12.0. The largest absolute Gasteiger partial charge is 0.396 e. The van der Waals surface area contributed by atoms with Crippen LogP contribution in [0.4, 0.5) is 0 Å². The lowest BCUT2D eigenvalue weighted by molar-refractivity contribution is -0.122. The summed E-state index contributed by atoms with van der Waals surface area (Å²) in [6, 6.07) is 10.3. The lowest BCUT2D eigenvalue weighted by atomic mass is 10.0. The fraction of sp³-hybridized carbons (Fsp3) is 0.562. The average Bonchev–Trinajstić information content (AvgIpc) is 2.39. The van der Waals surface area contributed by atoms with Crippen LogP contribution in [-0.4, -0.2) is 23.7 Å². The average molecular weight is 263 g/mol. The Hall–Kier alpha value is -1.35. The minimum Gasteiger partial charge on any atom is -0.396 e. The van der Waals surface area contributed by atoms with Crippen molar-refractivity contribution in [1.82, 2.24) is 5.32 Å². The number of hydrogen-bond acceptors (Lipinski definition) is 2. The molecular formula is C16H25NO2. The molecule has 0 spiro atoms. The van der Waals surface area contributed by atoms with Gasteiger partial charge in [0.1, 0.15) is 0 Å². The standard InChI is InChI=1S/C16H25NO2/c1-13(2)15(11-12-18)17-16(19)10-6-9-14-7-4-3-5-8-14/h3-5,7-8,13,15,18H,6,9-12H2,1-2H3,(H,17,19). The van der Waals surface area contributed by atoms with Gasteiger partial charge in [-0.2, -0.15) is 0 Å². The number of aliphatic hydroxyl groups is 1. The molecule has 3 nitrogen and oxygen atoms in total. The van der Waals surface area contributed by atoms with Gasteiger partial charge in [0.2, 0.25) is 5.91 Å². The highest BCUT2D eigenvalue weighted by Crippen LogP contribution is 2.08. The van der Waals surface area contributed by atoms with E-state index in [0.717, 1.165) is 12.8 Å². The molecule has 0 aromatic heterocycles. The minimum atomic E-state index is 0.0780. The van der Waals surface area contributed by atoms with E-state index in [1.807, 2.05) is 18.2 Å². The molecule has 0 radical (unpaired) electrons. The molecule has 1 amide bonds. The monoisotopic (exact) mass is 263 g/mol. The molecule has 1 aromatic carbocycles. The van der Waals surface area contributed by atoms with Gasteiger partial charge in [-0.3, -0.25) is 4.79 Å². The predicted molar refractivity (Wildman–Crippen MR) is 77.9 cm³/mol. The molecule has 106 valence electrons. The number of aliphatic hydroxyl groups excluding tert-OH is 1. The number of hydrogen-bond donors (Lipinski definition) is 2. The molecule has 1 unspecified atom stereocenters. The number of amides is 1. The second-order valence-corrected chi connectivity index (χ2v) is 5.27. The van der Waals surface area contributed by atoms with Crippen molar-refractivity contribution in [3.05, 3.63) is 35.9 Å². The van der Waals surface area contributed by atoms with Crippen LogP contribution in [0.2, 0.25) is 0 Å². The number of carbonyl (C=O) groups is 1. The van der Waals surface area contributed by atoms with E-state index < -0.39 is 0 Å². The summed E-state index contributed by atoms with van der Waals surface area (Å²) >= 11 is 0. The fourth-order valence-electron chi connectivity index (χ4n) is 2.09. The van der Waals surface area contributed by atoms with Crippen LogP contribution in [0.1, 0.15) is 38.7 Å². The van der Waals surface area contributed by atoms with Crippen molar-refractivity contribution in [2.45, 2.75) is 45.6 Å². The molecule has 19 heavy (non-hydrogen) atoms.